The molecule has 2 aromatic carbocycles. The standard InChI is InChI=1S/C30H33N7O4S/c1-21(38)32-23-7-2-3-8-24(23)33-28(39)26-12-11-22(19-31-26)20-37(14-6-13-36-15-17-41-18-16-36)30(40)35-29-34-25-9-4-5-10-27(25)42-29/h2-5,7-12,19H,6,13-18,20H2,1H3,(H,32,38)(H,33,39)(H,34,35,40). The van der Waals surface area contributed by atoms with Crippen molar-refractivity contribution < 1.29 is 19.1 Å². The molecule has 4 aromatic rings. The highest BCUT2D eigenvalue weighted by atomic mass is 32.1. The van der Waals surface area contributed by atoms with Crippen LogP contribution in [0.1, 0.15) is 29.4 Å². The fraction of sp³-hybridized carbons (Fsp3) is 0.300. The monoisotopic (exact) mass is 587 g/mol. The molecule has 1 aliphatic heterocycles. The minimum atomic E-state index is -0.407. The largest absolute Gasteiger partial charge is 0.379 e. The second kappa shape index (κ2) is 14.0. The molecule has 5 rings (SSSR count). The van der Waals surface area contributed by atoms with Gasteiger partial charge in [-0.1, -0.05) is 41.7 Å². The third-order valence-electron chi connectivity index (χ3n) is 6.72. The van der Waals surface area contributed by atoms with Crippen molar-refractivity contribution in [2.24, 2.45) is 0 Å². The van der Waals surface area contributed by atoms with E-state index in [1.807, 2.05) is 24.3 Å². The van der Waals surface area contributed by atoms with Gasteiger partial charge >= 0.3 is 6.03 Å². The average Bonchev–Trinajstić information content (AvgIpc) is 3.40. The van der Waals surface area contributed by atoms with Crippen molar-refractivity contribution in [2.75, 3.05) is 55.3 Å². The lowest BCUT2D eigenvalue weighted by Gasteiger charge is -2.28. The highest BCUT2D eigenvalue weighted by Crippen LogP contribution is 2.26. The summed E-state index contributed by atoms with van der Waals surface area (Å²) in [7, 11) is 0. The number of carbonyl (C=O) groups excluding carboxylic acids is 3. The maximum absolute atomic E-state index is 13.4. The Labute approximate surface area is 247 Å². The van der Waals surface area contributed by atoms with Crippen LogP contribution in [0.5, 0.6) is 0 Å². The first-order chi connectivity index (χ1) is 20.4. The number of fused-ring (bicyclic) bond motifs is 1. The third kappa shape index (κ3) is 7.87. The molecule has 11 nitrogen and oxygen atoms in total. The molecule has 218 valence electrons. The molecule has 0 spiro atoms. The Morgan fingerprint density at radius 2 is 1.69 bits per heavy atom. The Bertz CT molecular complexity index is 1500. The van der Waals surface area contributed by atoms with Gasteiger partial charge in [0, 0.05) is 45.8 Å². The number of aromatic nitrogens is 2. The average molecular weight is 588 g/mol. The van der Waals surface area contributed by atoms with E-state index in [1.54, 1.807) is 47.5 Å². The fourth-order valence-corrected chi connectivity index (χ4v) is 5.46. The van der Waals surface area contributed by atoms with E-state index in [1.165, 1.54) is 18.3 Å². The number of ether oxygens (including phenoxy) is 1. The van der Waals surface area contributed by atoms with E-state index in [2.05, 4.69) is 30.8 Å². The van der Waals surface area contributed by atoms with E-state index in [9.17, 15) is 14.4 Å². The maximum atomic E-state index is 13.4. The Balaban J connectivity index is 1.25. The quantitative estimate of drug-likeness (QED) is 0.246. The second-order valence-corrected chi connectivity index (χ2v) is 10.9. The third-order valence-corrected chi connectivity index (χ3v) is 7.67. The predicted molar refractivity (Wildman–Crippen MR) is 164 cm³/mol. The highest BCUT2D eigenvalue weighted by molar-refractivity contribution is 7.22. The van der Waals surface area contributed by atoms with Crippen LogP contribution >= 0.6 is 11.3 Å². The highest BCUT2D eigenvalue weighted by Gasteiger charge is 2.19. The lowest BCUT2D eigenvalue weighted by Crippen LogP contribution is -2.40. The van der Waals surface area contributed by atoms with Gasteiger partial charge < -0.3 is 20.3 Å². The first kappa shape index (κ1) is 29.1. The number of hydrogen-bond acceptors (Lipinski definition) is 8. The molecule has 3 heterocycles. The molecule has 0 aliphatic carbocycles. The van der Waals surface area contributed by atoms with Crippen molar-refractivity contribution in [2.45, 2.75) is 19.9 Å². The Morgan fingerprint density at radius 3 is 2.40 bits per heavy atom. The lowest BCUT2D eigenvalue weighted by atomic mass is 10.2. The molecule has 2 aromatic heterocycles. The minimum Gasteiger partial charge on any atom is -0.379 e. The molecule has 0 bridgehead atoms. The number of hydrogen-bond donors (Lipinski definition) is 3. The summed E-state index contributed by atoms with van der Waals surface area (Å²) in [4.78, 5) is 50.8. The molecule has 0 radical (unpaired) electrons. The van der Waals surface area contributed by atoms with Gasteiger partial charge in [-0.25, -0.2) is 9.78 Å². The van der Waals surface area contributed by atoms with E-state index in [0.29, 0.717) is 29.6 Å². The second-order valence-electron chi connectivity index (χ2n) is 9.88. The number of pyridine rings is 1. The predicted octanol–water partition coefficient (Wildman–Crippen LogP) is 4.66. The van der Waals surface area contributed by atoms with Gasteiger partial charge in [-0.15, -0.1) is 0 Å². The van der Waals surface area contributed by atoms with Crippen LogP contribution in [0.3, 0.4) is 0 Å². The maximum Gasteiger partial charge on any atom is 0.323 e. The molecule has 0 saturated carbocycles. The summed E-state index contributed by atoms with van der Waals surface area (Å²) in [5.41, 5.74) is 2.82. The number of rotatable bonds is 10. The number of nitrogens with zero attached hydrogens (tertiary/aromatic N) is 4. The lowest BCUT2D eigenvalue weighted by molar-refractivity contribution is -0.114. The van der Waals surface area contributed by atoms with Crippen molar-refractivity contribution in [3.05, 3.63) is 78.1 Å². The molecule has 12 heteroatoms. The molecule has 1 saturated heterocycles. The molecular formula is C30H33N7O4S. The molecule has 0 unspecified atom stereocenters. The van der Waals surface area contributed by atoms with Crippen molar-refractivity contribution in [3.63, 3.8) is 0 Å². The number of urea groups is 1. The normalized spacial score (nSPS) is 13.5. The number of carbonyl (C=O) groups is 3. The van der Waals surface area contributed by atoms with E-state index in [-0.39, 0.29) is 17.6 Å². The summed E-state index contributed by atoms with van der Waals surface area (Å²) < 4.78 is 6.45. The van der Waals surface area contributed by atoms with Crippen LogP contribution in [0.4, 0.5) is 21.3 Å². The van der Waals surface area contributed by atoms with E-state index < -0.39 is 5.91 Å². The summed E-state index contributed by atoms with van der Waals surface area (Å²) in [6, 6.07) is 17.9. The summed E-state index contributed by atoms with van der Waals surface area (Å²) in [6.45, 7) is 6.37. The molecule has 1 fully saturated rings. The van der Waals surface area contributed by atoms with Gasteiger partial charge in [-0.3, -0.25) is 24.8 Å². The molecule has 3 N–H and O–H groups in total. The van der Waals surface area contributed by atoms with Gasteiger partial charge in [0.05, 0.1) is 34.8 Å². The van der Waals surface area contributed by atoms with E-state index in [0.717, 1.165) is 55.0 Å². The van der Waals surface area contributed by atoms with Crippen LogP contribution in [0, 0.1) is 0 Å². The number of para-hydroxylation sites is 3. The van der Waals surface area contributed by atoms with Crippen molar-refractivity contribution in [3.8, 4) is 0 Å². The summed E-state index contributed by atoms with van der Waals surface area (Å²) in [6.07, 6.45) is 2.41. The van der Waals surface area contributed by atoms with Crippen LogP contribution in [-0.4, -0.2) is 77.0 Å². The van der Waals surface area contributed by atoms with Crippen LogP contribution in [-0.2, 0) is 16.1 Å². The van der Waals surface area contributed by atoms with Gasteiger partial charge in [-0.2, -0.15) is 0 Å². The Morgan fingerprint density at radius 1 is 0.952 bits per heavy atom. The summed E-state index contributed by atoms with van der Waals surface area (Å²) in [5, 5.41) is 9.01. The van der Waals surface area contributed by atoms with E-state index >= 15 is 0 Å². The number of morpholine rings is 1. The Kier molecular flexibility index (Phi) is 9.70. The van der Waals surface area contributed by atoms with Crippen molar-refractivity contribution >= 4 is 55.9 Å². The van der Waals surface area contributed by atoms with Crippen molar-refractivity contribution in [1.82, 2.24) is 19.8 Å². The molecular weight excluding hydrogens is 554 g/mol. The zero-order valence-corrected chi connectivity index (χ0v) is 24.2. The molecule has 1 aliphatic rings. The fourth-order valence-electron chi connectivity index (χ4n) is 4.61. The number of amides is 4. The van der Waals surface area contributed by atoms with Gasteiger partial charge in [0.25, 0.3) is 5.91 Å². The number of anilines is 3. The minimum absolute atomic E-state index is 0.217. The van der Waals surface area contributed by atoms with Crippen LogP contribution in [0.25, 0.3) is 10.2 Å². The van der Waals surface area contributed by atoms with Gasteiger partial charge in [0.15, 0.2) is 5.13 Å². The topological polar surface area (TPSA) is 129 Å². The number of thiazole rings is 1. The van der Waals surface area contributed by atoms with Crippen molar-refractivity contribution in [1.29, 1.82) is 0 Å². The van der Waals surface area contributed by atoms with Gasteiger partial charge in [0.1, 0.15) is 5.69 Å². The van der Waals surface area contributed by atoms with E-state index in [4.69, 9.17) is 4.74 Å². The zero-order chi connectivity index (χ0) is 29.3. The molecule has 4 amide bonds. The van der Waals surface area contributed by atoms with Crippen LogP contribution < -0.4 is 16.0 Å². The first-order valence-corrected chi connectivity index (χ1v) is 14.6. The zero-order valence-electron chi connectivity index (χ0n) is 23.3. The molecule has 42 heavy (non-hydrogen) atoms. The number of benzene rings is 2. The SMILES string of the molecule is CC(=O)Nc1ccccc1NC(=O)c1ccc(CN(CCCN2CCOCC2)C(=O)Nc2nc3ccccc3s2)cn1. The van der Waals surface area contributed by atoms with Gasteiger partial charge in [0.2, 0.25) is 5.91 Å². The van der Waals surface area contributed by atoms with Crippen LogP contribution in [0.2, 0.25) is 0 Å². The summed E-state index contributed by atoms with van der Waals surface area (Å²) in [5.74, 6) is -0.642. The first-order valence-electron chi connectivity index (χ1n) is 13.8. The van der Waals surface area contributed by atoms with Gasteiger partial charge in [-0.05, 0) is 42.3 Å². The smallest absolute Gasteiger partial charge is 0.323 e. The van der Waals surface area contributed by atoms with Crippen LogP contribution in [0.15, 0.2) is 66.9 Å². The Hall–Kier alpha value is -4.39. The summed E-state index contributed by atoms with van der Waals surface area (Å²) >= 11 is 1.43. The molecule has 0 atom stereocenters. The number of nitrogens with one attached hydrogen (secondary N) is 3.